The molecule has 0 spiro atoms. The summed E-state index contributed by atoms with van der Waals surface area (Å²) in [6.45, 7) is 5.17. The van der Waals surface area contributed by atoms with Crippen LogP contribution in [0.4, 0.5) is 14.9 Å². The molecule has 0 radical (unpaired) electrons. The smallest absolute Gasteiger partial charge is 0.408 e. The Morgan fingerprint density at radius 1 is 1.35 bits per heavy atom. The minimum Gasteiger partial charge on any atom is -0.444 e. The molecule has 0 unspecified atom stereocenters. The molecule has 2 amide bonds. The van der Waals surface area contributed by atoms with Gasteiger partial charge in [-0.2, -0.15) is 0 Å². The van der Waals surface area contributed by atoms with E-state index < -0.39 is 34.5 Å². The molecule has 26 heavy (non-hydrogen) atoms. The van der Waals surface area contributed by atoms with Gasteiger partial charge in [0.1, 0.15) is 22.6 Å². The van der Waals surface area contributed by atoms with E-state index in [-0.39, 0.29) is 24.6 Å². The van der Waals surface area contributed by atoms with E-state index >= 15 is 0 Å². The van der Waals surface area contributed by atoms with Gasteiger partial charge in [-0.05, 0) is 46.5 Å². The summed E-state index contributed by atoms with van der Waals surface area (Å²) in [5.74, 6) is -1.19. The third-order valence-electron chi connectivity index (χ3n) is 4.28. The fourth-order valence-corrected chi connectivity index (χ4v) is 2.97. The zero-order chi connectivity index (χ0) is 19.5. The van der Waals surface area contributed by atoms with E-state index in [1.165, 1.54) is 0 Å². The van der Waals surface area contributed by atoms with Crippen LogP contribution in [0, 0.1) is 5.82 Å². The summed E-state index contributed by atoms with van der Waals surface area (Å²) >= 11 is 0. The molecule has 5 N–H and O–H groups in total. The lowest BCUT2D eigenvalue weighted by Crippen LogP contribution is -2.60. The van der Waals surface area contributed by atoms with E-state index in [4.69, 9.17) is 10.5 Å². The number of hydrogen-bond acceptors (Lipinski definition) is 5. The second-order valence-electron chi connectivity index (χ2n) is 7.55. The van der Waals surface area contributed by atoms with Crippen molar-refractivity contribution >= 4 is 17.7 Å². The molecule has 9 heteroatoms. The van der Waals surface area contributed by atoms with Gasteiger partial charge < -0.3 is 26.1 Å². The van der Waals surface area contributed by atoms with Crippen LogP contribution in [0.25, 0.3) is 0 Å². The Labute approximate surface area is 150 Å². The number of H-pyrrole nitrogens is 1. The Hall–Kier alpha value is -2.58. The summed E-state index contributed by atoms with van der Waals surface area (Å²) in [7, 11) is 0. The van der Waals surface area contributed by atoms with E-state index in [1.807, 2.05) is 0 Å². The first-order chi connectivity index (χ1) is 12.0. The van der Waals surface area contributed by atoms with Crippen LogP contribution in [0.15, 0.2) is 17.1 Å². The maximum Gasteiger partial charge on any atom is 0.408 e. The number of pyridine rings is 1. The number of ether oxygens (including phenoxy) is 1. The molecule has 1 fully saturated rings. The zero-order valence-corrected chi connectivity index (χ0v) is 15.1. The van der Waals surface area contributed by atoms with Crippen molar-refractivity contribution < 1.29 is 18.7 Å². The lowest BCUT2D eigenvalue weighted by molar-refractivity contribution is -0.125. The first-order valence-electron chi connectivity index (χ1n) is 8.47. The summed E-state index contributed by atoms with van der Waals surface area (Å²) in [5.41, 5.74) is 3.33. The number of nitrogens with two attached hydrogens (primary N) is 1. The molecule has 0 atom stereocenters. The van der Waals surface area contributed by atoms with Crippen molar-refractivity contribution in [3.8, 4) is 0 Å². The van der Waals surface area contributed by atoms with Crippen LogP contribution >= 0.6 is 0 Å². The summed E-state index contributed by atoms with van der Waals surface area (Å²) < 4.78 is 18.5. The largest absolute Gasteiger partial charge is 0.444 e. The van der Waals surface area contributed by atoms with Crippen molar-refractivity contribution in [2.45, 2.75) is 63.6 Å². The number of amides is 2. The molecule has 0 aromatic carbocycles. The molecule has 1 saturated carbocycles. The number of nitrogens with one attached hydrogen (secondary N) is 3. The van der Waals surface area contributed by atoms with E-state index in [9.17, 15) is 18.8 Å². The van der Waals surface area contributed by atoms with E-state index in [0.29, 0.717) is 12.8 Å². The highest BCUT2D eigenvalue weighted by Crippen LogP contribution is 2.30. The van der Waals surface area contributed by atoms with Crippen molar-refractivity contribution in [2.75, 3.05) is 5.32 Å². The molecule has 0 saturated heterocycles. The number of hydrogen-bond donors (Lipinski definition) is 4. The topological polar surface area (TPSA) is 126 Å². The van der Waals surface area contributed by atoms with Gasteiger partial charge in [0.25, 0.3) is 5.56 Å². The van der Waals surface area contributed by atoms with Crippen LogP contribution in [0.1, 0.15) is 46.5 Å². The number of rotatable bonds is 4. The summed E-state index contributed by atoms with van der Waals surface area (Å²) in [4.78, 5) is 38.0. The predicted molar refractivity (Wildman–Crippen MR) is 94.2 cm³/mol. The number of primary amides is 1. The van der Waals surface area contributed by atoms with Crippen LogP contribution in [-0.4, -0.2) is 34.2 Å². The molecular formula is C17H25FN4O4. The molecule has 0 bridgehead atoms. The van der Waals surface area contributed by atoms with E-state index in [2.05, 4.69) is 15.6 Å². The first kappa shape index (κ1) is 19.7. The maximum absolute atomic E-state index is 13.3. The predicted octanol–water partition coefficient (Wildman–Crippen LogP) is 1.62. The standard InChI is InChI=1S/C17H25FN4O4/c1-16(2,3)26-15(25)22-17(14(19)24)6-4-11(5-7-17)21-12-8-10(18)9-20-13(12)23/h8-9,11,21H,4-7H2,1-3H3,(H2,19,24)(H,20,23)(H,22,25). The molecule has 1 heterocycles. The average molecular weight is 368 g/mol. The van der Waals surface area contributed by atoms with Crippen LogP contribution in [0.2, 0.25) is 0 Å². The molecule has 1 aliphatic rings. The Bertz CT molecular complexity index is 733. The van der Waals surface area contributed by atoms with Crippen LogP contribution in [0.3, 0.4) is 0 Å². The van der Waals surface area contributed by atoms with Gasteiger partial charge in [-0.15, -0.1) is 0 Å². The number of anilines is 1. The summed E-state index contributed by atoms with van der Waals surface area (Å²) in [6, 6.07) is 0.971. The third-order valence-corrected chi connectivity index (χ3v) is 4.28. The van der Waals surface area contributed by atoms with Gasteiger partial charge in [0, 0.05) is 18.3 Å². The molecule has 1 aliphatic carbocycles. The van der Waals surface area contributed by atoms with Crippen molar-refractivity contribution in [1.29, 1.82) is 0 Å². The van der Waals surface area contributed by atoms with Crippen molar-refractivity contribution in [3.05, 3.63) is 28.4 Å². The van der Waals surface area contributed by atoms with Gasteiger partial charge in [0.15, 0.2) is 0 Å². The first-order valence-corrected chi connectivity index (χ1v) is 8.47. The van der Waals surface area contributed by atoms with Crippen molar-refractivity contribution in [3.63, 3.8) is 0 Å². The Balaban J connectivity index is 2.02. The van der Waals surface area contributed by atoms with E-state index in [1.54, 1.807) is 20.8 Å². The zero-order valence-electron chi connectivity index (χ0n) is 15.1. The Morgan fingerprint density at radius 3 is 2.50 bits per heavy atom. The van der Waals surface area contributed by atoms with Crippen molar-refractivity contribution in [1.82, 2.24) is 10.3 Å². The Kier molecular flexibility index (Phi) is 5.58. The minimum absolute atomic E-state index is 0.127. The molecule has 8 nitrogen and oxygen atoms in total. The number of carbonyl (C=O) groups excluding carboxylic acids is 2. The fourth-order valence-electron chi connectivity index (χ4n) is 2.97. The SMILES string of the molecule is CC(C)(C)OC(=O)NC1(C(N)=O)CCC(Nc2cc(F)c[nH]c2=O)CC1. The van der Waals surface area contributed by atoms with E-state index in [0.717, 1.165) is 12.3 Å². The van der Waals surface area contributed by atoms with Crippen LogP contribution < -0.4 is 21.9 Å². The van der Waals surface area contributed by atoms with Gasteiger partial charge in [0.2, 0.25) is 5.91 Å². The maximum atomic E-state index is 13.3. The van der Waals surface area contributed by atoms with Gasteiger partial charge in [-0.25, -0.2) is 9.18 Å². The molecule has 1 aromatic rings. The molecule has 0 aliphatic heterocycles. The number of halogens is 1. The highest BCUT2D eigenvalue weighted by Gasteiger charge is 2.42. The van der Waals surface area contributed by atoms with Gasteiger partial charge in [0.05, 0.1) is 0 Å². The summed E-state index contributed by atoms with van der Waals surface area (Å²) in [6.07, 6.45) is 1.78. The quantitative estimate of drug-likeness (QED) is 0.642. The van der Waals surface area contributed by atoms with Gasteiger partial charge in [-0.3, -0.25) is 9.59 Å². The number of aromatic amines is 1. The monoisotopic (exact) mass is 368 g/mol. The highest BCUT2D eigenvalue weighted by molar-refractivity contribution is 5.88. The average Bonchev–Trinajstić information content (AvgIpc) is 2.51. The van der Waals surface area contributed by atoms with Crippen LogP contribution in [-0.2, 0) is 9.53 Å². The molecule has 2 rings (SSSR count). The fraction of sp³-hybridized carbons (Fsp3) is 0.588. The molecule has 144 valence electrons. The lowest BCUT2D eigenvalue weighted by atomic mass is 9.78. The normalized spacial score (nSPS) is 23.2. The minimum atomic E-state index is -1.20. The number of aromatic nitrogens is 1. The second-order valence-corrected chi connectivity index (χ2v) is 7.55. The number of alkyl carbamates (subject to hydrolysis) is 1. The van der Waals surface area contributed by atoms with Crippen molar-refractivity contribution in [2.24, 2.45) is 5.73 Å². The van der Waals surface area contributed by atoms with Crippen LogP contribution in [0.5, 0.6) is 0 Å². The van der Waals surface area contributed by atoms with Gasteiger partial charge >= 0.3 is 6.09 Å². The third kappa shape index (κ3) is 4.96. The highest BCUT2D eigenvalue weighted by atomic mass is 19.1. The Morgan fingerprint density at radius 2 is 1.96 bits per heavy atom. The number of carbonyl (C=O) groups is 2. The second kappa shape index (κ2) is 7.35. The lowest BCUT2D eigenvalue weighted by Gasteiger charge is -2.38. The van der Waals surface area contributed by atoms with Gasteiger partial charge in [-0.1, -0.05) is 0 Å². The molecule has 1 aromatic heterocycles. The summed E-state index contributed by atoms with van der Waals surface area (Å²) in [5, 5.41) is 5.58. The molecular weight excluding hydrogens is 343 g/mol.